The molecular weight excluding hydrogens is 518 g/mol. The molecule has 0 radical (unpaired) electrons. The molecule has 1 saturated heterocycles. The number of fused-ring (bicyclic) bond motifs is 1. The number of halogens is 1. The summed E-state index contributed by atoms with van der Waals surface area (Å²) in [5.74, 6) is 2.23. The van der Waals surface area contributed by atoms with E-state index >= 15 is 0 Å². The van der Waals surface area contributed by atoms with Crippen molar-refractivity contribution >= 4 is 44.9 Å². The summed E-state index contributed by atoms with van der Waals surface area (Å²) in [4.78, 5) is 23.5. The van der Waals surface area contributed by atoms with E-state index in [1.54, 1.807) is 6.08 Å². The minimum Gasteiger partial charge on any atom is -0.493 e. The van der Waals surface area contributed by atoms with Crippen LogP contribution in [0.15, 0.2) is 27.6 Å². The van der Waals surface area contributed by atoms with Crippen molar-refractivity contribution in [1.29, 1.82) is 0 Å². The number of ether oxygens (including phenoxy) is 3. The molecule has 0 bridgehead atoms. The molecule has 2 amide bonds. The second kappa shape index (κ2) is 9.66. The maximum Gasteiger partial charge on any atom is 0.290 e. The summed E-state index contributed by atoms with van der Waals surface area (Å²) in [5.41, 5.74) is 4.93. The van der Waals surface area contributed by atoms with Crippen LogP contribution in [-0.2, 0) is 11.2 Å². The largest absolute Gasteiger partial charge is 0.493 e. The first-order valence-corrected chi connectivity index (χ1v) is 12.8. The van der Waals surface area contributed by atoms with E-state index in [0.29, 0.717) is 23.9 Å². The molecule has 34 heavy (non-hydrogen) atoms. The Morgan fingerprint density at radius 2 is 1.94 bits per heavy atom. The van der Waals surface area contributed by atoms with Crippen LogP contribution in [0.4, 0.5) is 4.79 Å². The number of carbonyl (C=O) groups excluding carboxylic acids is 2. The molecule has 8 heteroatoms. The third kappa shape index (κ3) is 4.84. The van der Waals surface area contributed by atoms with Gasteiger partial charge in [-0.1, -0.05) is 6.07 Å². The molecule has 0 aliphatic carbocycles. The van der Waals surface area contributed by atoms with Gasteiger partial charge in [0.1, 0.15) is 29.5 Å². The summed E-state index contributed by atoms with van der Waals surface area (Å²) in [6, 6.07) is 5.57. The van der Waals surface area contributed by atoms with Crippen LogP contribution in [0.3, 0.4) is 0 Å². The van der Waals surface area contributed by atoms with Crippen LogP contribution in [0.2, 0.25) is 0 Å². The molecule has 0 saturated carbocycles. The fraction of sp³-hybridized carbons (Fsp3) is 0.385. The maximum atomic E-state index is 11.8. The van der Waals surface area contributed by atoms with Gasteiger partial charge in [0.25, 0.3) is 11.1 Å². The highest BCUT2D eigenvalue weighted by Gasteiger charge is 2.36. The van der Waals surface area contributed by atoms with E-state index in [9.17, 15) is 9.59 Å². The van der Waals surface area contributed by atoms with Gasteiger partial charge < -0.3 is 14.2 Å². The molecule has 0 aromatic heterocycles. The number of nitrogens with one attached hydrogen (secondary N) is 1. The molecule has 2 aromatic rings. The number of hydrogen-bond acceptors (Lipinski definition) is 6. The van der Waals surface area contributed by atoms with Gasteiger partial charge in [0.05, 0.1) is 16.0 Å². The van der Waals surface area contributed by atoms with Crippen molar-refractivity contribution in [2.45, 2.75) is 53.1 Å². The number of rotatable bonds is 6. The van der Waals surface area contributed by atoms with Gasteiger partial charge in [-0.3, -0.25) is 14.9 Å². The predicted octanol–water partition coefficient (Wildman–Crippen LogP) is 6.26. The van der Waals surface area contributed by atoms with Crippen LogP contribution in [0.25, 0.3) is 6.08 Å². The number of imide groups is 1. The highest BCUT2D eigenvalue weighted by atomic mass is 79.9. The zero-order valence-electron chi connectivity index (χ0n) is 20.0. The van der Waals surface area contributed by atoms with E-state index in [1.165, 1.54) is 5.56 Å². The first kappa shape index (κ1) is 24.7. The highest BCUT2D eigenvalue weighted by Crippen LogP contribution is 2.44. The Hall–Kier alpha value is -2.45. The number of hydrogen-bond donors (Lipinski definition) is 1. The average Bonchev–Trinajstić information content (AvgIpc) is 3.11. The fourth-order valence-corrected chi connectivity index (χ4v) is 5.46. The SMILES string of the molecule is CCOc1c(C)c(C)c2c(c1C)CCC(C)(COc1ccc(C=C3SC(=O)NC3=O)cc1Br)O2. The first-order valence-electron chi connectivity index (χ1n) is 11.2. The van der Waals surface area contributed by atoms with Gasteiger partial charge in [-0.05, 0) is 116 Å². The molecule has 2 aliphatic rings. The van der Waals surface area contributed by atoms with Gasteiger partial charge in [0, 0.05) is 5.56 Å². The molecule has 0 spiro atoms. The highest BCUT2D eigenvalue weighted by molar-refractivity contribution is 9.10. The van der Waals surface area contributed by atoms with E-state index in [0.717, 1.165) is 62.8 Å². The van der Waals surface area contributed by atoms with Gasteiger partial charge in [-0.25, -0.2) is 0 Å². The van der Waals surface area contributed by atoms with E-state index in [4.69, 9.17) is 14.2 Å². The van der Waals surface area contributed by atoms with Crippen LogP contribution in [0.1, 0.15) is 48.1 Å². The van der Waals surface area contributed by atoms with Gasteiger partial charge in [0.15, 0.2) is 0 Å². The van der Waals surface area contributed by atoms with Crippen LogP contribution in [0.5, 0.6) is 17.2 Å². The molecule has 1 N–H and O–H groups in total. The zero-order chi connectivity index (χ0) is 24.6. The number of amides is 2. The van der Waals surface area contributed by atoms with Crippen molar-refractivity contribution in [3.05, 3.63) is 55.4 Å². The lowest BCUT2D eigenvalue weighted by molar-refractivity contribution is -0.115. The smallest absolute Gasteiger partial charge is 0.290 e. The summed E-state index contributed by atoms with van der Waals surface area (Å²) in [6.45, 7) is 11.4. The van der Waals surface area contributed by atoms with Gasteiger partial charge in [-0.15, -0.1) is 0 Å². The topological polar surface area (TPSA) is 73.9 Å². The lowest BCUT2D eigenvalue weighted by atomic mass is 9.87. The zero-order valence-corrected chi connectivity index (χ0v) is 22.4. The van der Waals surface area contributed by atoms with Crippen molar-refractivity contribution in [3.8, 4) is 17.2 Å². The minimum absolute atomic E-state index is 0.354. The Balaban J connectivity index is 1.49. The third-order valence-electron chi connectivity index (χ3n) is 6.28. The Morgan fingerprint density at radius 1 is 1.18 bits per heavy atom. The first-order chi connectivity index (χ1) is 16.1. The molecule has 180 valence electrons. The summed E-state index contributed by atoms with van der Waals surface area (Å²) in [5, 5.41) is 1.91. The summed E-state index contributed by atoms with van der Waals surface area (Å²) >= 11 is 4.46. The van der Waals surface area contributed by atoms with Crippen LogP contribution >= 0.6 is 27.7 Å². The van der Waals surface area contributed by atoms with Crippen molar-refractivity contribution in [2.75, 3.05) is 13.2 Å². The standard InChI is InChI=1S/C26H28BrNO5S/c1-6-31-22-14(2)15(3)23-18(16(22)4)9-10-26(5,33-23)13-32-20-8-7-17(11-19(20)27)12-21-24(29)28-25(30)34-21/h7-8,11-12H,6,9-10,13H2,1-5H3,(H,28,29,30). The minimum atomic E-state index is -0.469. The third-order valence-corrected chi connectivity index (χ3v) is 7.71. The summed E-state index contributed by atoms with van der Waals surface area (Å²) < 4.78 is 19.4. The predicted molar refractivity (Wildman–Crippen MR) is 138 cm³/mol. The number of carbonyl (C=O) groups is 2. The summed E-state index contributed by atoms with van der Waals surface area (Å²) in [7, 11) is 0. The van der Waals surface area contributed by atoms with Crippen LogP contribution in [0, 0.1) is 20.8 Å². The Bertz CT molecular complexity index is 1210. The molecule has 1 fully saturated rings. The molecule has 1 unspecified atom stereocenters. The van der Waals surface area contributed by atoms with E-state index in [-0.39, 0.29) is 11.1 Å². The van der Waals surface area contributed by atoms with E-state index in [1.807, 2.05) is 25.1 Å². The van der Waals surface area contributed by atoms with Gasteiger partial charge >= 0.3 is 0 Å². The van der Waals surface area contributed by atoms with Crippen molar-refractivity contribution in [3.63, 3.8) is 0 Å². The number of benzene rings is 2. The van der Waals surface area contributed by atoms with Crippen molar-refractivity contribution in [1.82, 2.24) is 5.32 Å². The van der Waals surface area contributed by atoms with Gasteiger partial charge in [-0.2, -0.15) is 0 Å². The second-order valence-corrected chi connectivity index (χ2v) is 10.7. The van der Waals surface area contributed by atoms with Crippen molar-refractivity contribution < 1.29 is 23.8 Å². The lowest BCUT2D eigenvalue weighted by Gasteiger charge is -2.38. The molecular formula is C26H28BrNO5S. The summed E-state index contributed by atoms with van der Waals surface area (Å²) in [6.07, 6.45) is 3.41. The average molecular weight is 546 g/mol. The lowest BCUT2D eigenvalue weighted by Crippen LogP contribution is -2.42. The fourth-order valence-electron chi connectivity index (χ4n) is 4.27. The molecule has 4 rings (SSSR count). The normalized spacial score (nSPS) is 20.7. The Morgan fingerprint density at radius 3 is 2.59 bits per heavy atom. The van der Waals surface area contributed by atoms with Gasteiger partial charge in [0.2, 0.25) is 0 Å². The molecule has 2 heterocycles. The van der Waals surface area contributed by atoms with E-state index < -0.39 is 5.60 Å². The second-order valence-electron chi connectivity index (χ2n) is 8.83. The Labute approximate surface area is 212 Å². The van der Waals surface area contributed by atoms with Crippen LogP contribution < -0.4 is 19.5 Å². The number of thioether (sulfide) groups is 1. The maximum absolute atomic E-state index is 11.8. The molecule has 6 nitrogen and oxygen atoms in total. The Kier molecular flexibility index (Phi) is 7.01. The van der Waals surface area contributed by atoms with E-state index in [2.05, 4.69) is 48.9 Å². The quantitative estimate of drug-likeness (QED) is 0.432. The van der Waals surface area contributed by atoms with Crippen LogP contribution in [-0.4, -0.2) is 30.0 Å². The molecule has 2 aliphatic heterocycles. The monoisotopic (exact) mass is 545 g/mol. The molecule has 2 aromatic carbocycles. The van der Waals surface area contributed by atoms with Crippen molar-refractivity contribution in [2.24, 2.45) is 0 Å². The molecule has 1 atom stereocenters.